The zero-order chi connectivity index (χ0) is 24.2. The molecule has 0 amide bonds. The van der Waals surface area contributed by atoms with Crippen molar-refractivity contribution in [1.82, 2.24) is 0 Å². The van der Waals surface area contributed by atoms with Gasteiger partial charge >= 0.3 is 10.4 Å². The normalized spacial score (nSPS) is 44.1. The maximum atomic E-state index is 11.3. The summed E-state index contributed by atoms with van der Waals surface area (Å²) in [4.78, 5) is 0. The Morgan fingerprint density at radius 3 is 2.45 bits per heavy atom. The van der Waals surface area contributed by atoms with Crippen LogP contribution in [0.2, 0.25) is 0 Å². The maximum Gasteiger partial charge on any atom is 0.400 e. The molecule has 0 aromatic heterocycles. The zero-order valence-electron chi connectivity index (χ0n) is 21.3. The van der Waals surface area contributed by atoms with Gasteiger partial charge in [0.2, 0.25) is 0 Å². The Hall–Kier alpha value is -0.430. The van der Waals surface area contributed by atoms with Gasteiger partial charge in [0.1, 0.15) is 0 Å². The summed E-state index contributed by atoms with van der Waals surface area (Å²) in [7, 11) is -4.69. The lowest BCUT2D eigenvalue weighted by atomic mass is 9.46. The smallest absolute Gasteiger partial charge is 0.364 e. The highest BCUT2D eigenvalue weighted by molar-refractivity contribution is 7.80. The van der Waals surface area contributed by atoms with Crippen LogP contribution in [0.25, 0.3) is 0 Å². The van der Waals surface area contributed by atoms with Gasteiger partial charge < -0.3 is 5.11 Å². The predicted octanol–water partition coefficient (Wildman–Crippen LogP) is 6.54. The second kappa shape index (κ2) is 8.90. The molecule has 0 aromatic rings. The molecule has 4 rings (SSSR count). The summed E-state index contributed by atoms with van der Waals surface area (Å²) in [6.45, 7) is 12.1. The van der Waals surface area contributed by atoms with Crippen LogP contribution < -0.4 is 0 Å². The minimum atomic E-state index is -4.69. The molecule has 33 heavy (non-hydrogen) atoms. The number of allylic oxidation sites excluding steroid dienone is 1. The molecule has 8 atom stereocenters. The van der Waals surface area contributed by atoms with Crippen molar-refractivity contribution in [3.63, 3.8) is 0 Å². The van der Waals surface area contributed by atoms with Crippen molar-refractivity contribution in [2.75, 3.05) is 0 Å². The summed E-state index contributed by atoms with van der Waals surface area (Å²) >= 11 is 0. The fourth-order valence-electron chi connectivity index (χ4n) is 8.91. The van der Waals surface area contributed by atoms with Crippen molar-refractivity contribution in [1.29, 1.82) is 0 Å². The fourth-order valence-corrected chi connectivity index (χ4v) is 9.44. The molecule has 0 saturated heterocycles. The van der Waals surface area contributed by atoms with E-state index in [-0.39, 0.29) is 18.3 Å². The van der Waals surface area contributed by atoms with Crippen molar-refractivity contribution < 1.29 is 22.3 Å². The van der Waals surface area contributed by atoms with Crippen LogP contribution in [-0.4, -0.2) is 23.9 Å². The maximum absolute atomic E-state index is 11.3. The van der Waals surface area contributed by atoms with Gasteiger partial charge in [-0.1, -0.05) is 65.5 Å². The number of hydrogen-bond acceptors (Lipinski definition) is 4. The van der Waals surface area contributed by atoms with Gasteiger partial charge in [-0.05, 0) is 84.9 Å². The summed E-state index contributed by atoms with van der Waals surface area (Å²) < 4.78 is 36.4. The molecule has 0 bridgehead atoms. The van der Waals surface area contributed by atoms with Crippen LogP contribution in [0.4, 0.5) is 0 Å². The molecule has 0 aromatic carbocycles. The molecule has 0 aliphatic heterocycles. The molecule has 3 fully saturated rings. The fraction of sp³-hybridized carbons (Fsp3) is 0.926. The Morgan fingerprint density at radius 2 is 1.79 bits per heavy atom. The van der Waals surface area contributed by atoms with Gasteiger partial charge in [-0.2, -0.15) is 8.42 Å². The molecular weight excluding hydrogens is 436 g/mol. The first-order valence-corrected chi connectivity index (χ1v) is 14.7. The summed E-state index contributed by atoms with van der Waals surface area (Å²) in [5, 5.41) is 10.7. The van der Waals surface area contributed by atoms with Gasteiger partial charge in [-0.15, -0.1) is 0 Å². The van der Waals surface area contributed by atoms with E-state index in [9.17, 15) is 13.5 Å². The Morgan fingerprint density at radius 1 is 1.06 bits per heavy atom. The lowest BCUT2D eigenvalue weighted by Gasteiger charge is -2.59. The van der Waals surface area contributed by atoms with E-state index in [1.54, 1.807) is 0 Å². The second-order valence-corrected chi connectivity index (χ2v) is 13.9. The van der Waals surface area contributed by atoms with E-state index in [0.717, 1.165) is 35.7 Å². The highest BCUT2D eigenvalue weighted by Gasteiger charge is 2.60. The first-order chi connectivity index (χ1) is 15.3. The molecule has 4 aliphatic carbocycles. The summed E-state index contributed by atoms with van der Waals surface area (Å²) in [5.74, 6) is 2.62. The van der Waals surface area contributed by atoms with Crippen LogP contribution in [0.5, 0.6) is 0 Å². The van der Waals surface area contributed by atoms with Gasteiger partial charge in [0.15, 0.2) is 5.79 Å². The van der Waals surface area contributed by atoms with Gasteiger partial charge in [-0.25, -0.2) is 4.18 Å². The van der Waals surface area contributed by atoms with Crippen molar-refractivity contribution in [2.45, 2.75) is 111 Å². The van der Waals surface area contributed by atoms with Gasteiger partial charge in [0, 0.05) is 12.8 Å². The molecule has 5 nitrogen and oxygen atoms in total. The monoisotopic (exact) mass is 482 g/mol. The van der Waals surface area contributed by atoms with Crippen LogP contribution in [-0.2, 0) is 14.6 Å². The van der Waals surface area contributed by atoms with Crippen molar-refractivity contribution in [3.8, 4) is 0 Å². The third-order valence-electron chi connectivity index (χ3n) is 10.6. The van der Waals surface area contributed by atoms with Crippen molar-refractivity contribution >= 4 is 10.4 Å². The predicted molar refractivity (Wildman–Crippen MR) is 131 cm³/mol. The first kappa shape index (κ1) is 25.7. The van der Waals surface area contributed by atoms with Gasteiger partial charge in [-0.3, -0.25) is 4.55 Å². The number of rotatable bonds is 7. The first-order valence-electron chi connectivity index (χ1n) is 13.4. The Bertz CT molecular complexity index is 866. The van der Waals surface area contributed by atoms with Crippen LogP contribution in [0, 0.1) is 46.3 Å². The van der Waals surface area contributed by atoms with Gasteiger partial charge in [0.05, 0.1) is 0 Å². The molecule has 6 heteroatoms. The molecule has 3 saturated carbocycles. The van der Waals surface area contributed by atoms with Crippen LogP contribution in [0.1, 0.15) is 105 Å². The summed E-state index contributed by atoms with van der Waals surface area (Å²) in [6.07, 6.45) is 13.7. The van der Waals surface area contributed by atoms with E-state index in [4.69, 9.17) is 8.74 Å². The summed E-state index contributed by atoms with van der Waals surface area (Å²) in [5.41, 5.74) is 1.55. The molecule has 0 heterocycles. The van der Waals surface area contributed by atoms with Gasteiger partial charge in [0.25, 0.3) is 0 Å². The molecule has 0 spiro atoms. The Labute approximate surface area is 201 Å². The van der Waals surface area contributed by atoms with E-state index in [1.807, 2.05) is 0 Å². The quantitative estimate of drug-likeness (QED) is 0.245. The third kappa shape index (κ3) is 4.83. The molecular formula is C27H46O5S. The lowest BCUT2D eigenvalue weighted by Crippen LogP contribution is -2.53. The topological polar surface area (TPSA) is 83.8 Å². The molecule has 4 aliphatic rings. The molecule has 0 radical (unpaired) electrons. The van der Waals surface area contributed by atoms with E-state index >= 15 is 0 Å². The lowest BCUT2D eigenvalue weighted by molar-refractivity contribution is -0.170. The highest BCUT2D eigenvalue weighted by Crippen LogP contribution is 2.67. The van der Waals surface area contributed by atoms with Crippen LogP contribution in [0.3, 0.4) is 0 Å². The Balaban J connectivity index is 1.50. The average Bonchev–Trinajstić information content (AvgIpc) is 3.04. The third-order valence-corrected chi connectivity index (χ3v) is 11.1. The largest absolute Gasteiger partial charge is 0.400 e. The van der Waals surface area contributed by atoms with Crippen molar-refractivity contribution in [2.24, 2.45) is 46.3 Å². The van der Waals surface area contributed by atoms with E-state index < -0.39 is 16.2 Å². The molecule has 190 valence electrons. The minimum Gasteiger partial charge on any atom is -0.364 e. The summed E-state index contributed by atoms with van der Waals surface area (Å²) in [6, 6.07) is 0. The number of aliphatic hydroxyl groups is 1. The van der Waals surface area contributed by atoms with Crippen LogP contribution >= 0.6 is 0 Å². The Kier molecular flexibility index (Phi) is 6.92. The standard InChI is InChI=1S/C27H46O5S/c1-18(2)7-6-8-19(3)22-11-12-23-21-10-9-20-17-27(28,32-33(29,30)31)16-15-25(20,4)24(21)13-14-26(22,23)5/h9,18-19,21-24,28H,6-8,10-17H2,1-5H3,(H,29,30,31)/t19-,21+,22-,23+,24+,25+,26-,27?/m1/s1. The van der Waals surface area contributed by atoms with E-state index in [0.29, 0.717) is 23.7 Å². The highest BCUT2D eigenvalue weighted by atomic mass is 32.3. The van der Waals surface area contributed by atoms with Crippen molar-refractivity contribution in [3.05, 3.63) is 11.6 Å². The molecule has 1 unspecified atom stereocenters. The average molecular weight is 483 g/mol. The number of fused-ring (bicyclic) bond motifs is 5. The zero-order valence-corrected chi connectivity index (χ0v) is 22.2. The SMILES string of the molecule is CC(C)CCC[C@@H](C)[C@H]1CC[C@H]2[C@@H]3CC=C4CC(O)(OS(=O)(=O)O)CC[C@]4(C)[C@H]3CC[C@]12C. The van der Waals surface area contributed by atoms with E-state index in [2.05, 4.69) is 40.7 Å². The minimum absolute atomic E-state index is 0.0139. The van der Waals surface area contributed by atoms with Crippen LogP contribution in [0.15, 0.2) is 11.6 Å². The second-order valence-electron chi connectivity index (χ2n) is 12.9. The number of hydrogen-bond donors (Lipinski definition) is 2. The van der Waals surface area contributed by atoms with E-state index in [1.165, 1.54) is 44.9 Å². The molecule has 2 N–H and O–H groups in total.